The van der Waals surface area contributed by atoms with Crippen molar-refractivity contribution in [3.63, 3.8) is 0 Å². The monoisotopic (exact) mass is 511 g/mol. The van der Waals surface area contributed by atoms with Gasteiger partial charge in [0.2, 0.25) is 0 Å². The van der Waals surface area contributed by atoms with Gasteiger partial charge in [-0.3, -0.25) is 9.10 Å². The molecule has 0 saturated heterocycles. The number of esters is 1. The van der Waals surface area contributed by atoms with Crippen molar-refractivity contribution in [2.45, 2.75) is 43.7 Å². The highest BCUT2D eigenvalue weighted by Crippen LogP contribution is 2.33. The molecule has 1 aliphatic rings. The van der Waals surface area contributed by atoms with E-state index in [1.807, 2.05) is 37.3 Å². The van der Waals surface area contributed by atoms with Gasteiger partial charge in [-0.05, 0) is 72.7 Å². The van der Waals surface area contributed by atoms with E-state index in [4.69, 9.17) is 4.74 Å². The van der Waals surface area contributed by atoms with Crippen molar-refractivity contribution in [3.05, 3.63) is 69.8 Å². The van der Waals surface area contributed by atoms with E-state index >= 15 is 0 Å². The molecule has 3 rings (SSSR count). The first-order chi connectivity index (χ1) is 13.3. The highest BCUT2D eigenvalue weighted by molar-refractivity contribution is 14.1. The number of para-hydroxylation sites is 1. The number of carbonyl (C=O) groups is 1. The lowest BCUT2D eigenvalue weighted by atomic mass is 10.00. The van der Waals surface area contributed by atoms with E-state index in [0.717, 1.165) is 9.13 Å². The summed E-state index contributed by atoms with van der Waals surface area (Å²) >= 11 is 2.16. The van der Waals surface area contributed by atoms with Crippen LogP contribution in [0.2, 0.25) is 0 Å². The fraction of sp³-hybridized carbons (Fsp3) is 0.286. The molecule has 0 fully saturated rings. The number of ether oxygens (including phenoxy) is 1. The minimum atomic E-state index is -3.76. The first kappa shape index (κ1) is 20.9. The normalized spacial score (nSPS) is 19.2. The molecule has 2 atom stereocenters. The molecule has 2 aromatic carbocycles. The lowest BCUT2D eigenvalue weighted by Gasteiger charge is -2.34. The van der Waals surface area contributed by atoms with Crippen LogP contribution in [-0.2, 0) is 19.6 Å². The van der Waals surface area contributed by atoms with Crippen LogP contribution in [0.15, 0.2) is 65.6 Å². The summed E-state index contributed by atoms with van der Waals surface area (Å²) in [4.78, 5) is 11.5. The number of benzene rings is 2. The molecular formula is C21H22INO4S. The second kappa shape index (κ2) is 8.65. The van der Waals surface area contributed by atoms with Crippen LogP contribution in [0.3, 0.4) is 0 Å². The second-order valence-corrected chi connectivity index (χ2v) is 9.72. The Morgan fingerprint density at radius 1 is 1.07 bits per heavy atom. The lowest BCUT2D eigenvalue weighted by Crippen LogP contribution is -2.42. The van der Waals surface area contributed by atoms with Crippen LogP contribution in [0, 0.1) is 10.5 Å². The SMILES string of the molecule is CC(=O)O[C@H]1C=C[C@H](N(c2ccccc2I)S(=O)(=O)c2ccc(C)cc2)CC1. The number of anilines is 1. The van der Waals surface area contributed by atoms with Gasteiger partial charge >= 0.3 is 5.97 Å². The number of halogens is 1. The van der Waals surface area contributed by atoms with Crippen LogP contribution in [-0.4, -0.2) is 26.5 Å². The quantitative estimate of drug-likeness (QED) is 0.338. The molecule has 0 aliphatic heterocycles. The molecule has 0 amide bonds. The predicted molar refractivity (Wildman–Crippen MR) is 118 cm³/mol. The molecule has 0 heterocycles. The molecule has 0 spiro atoms. The summed E-state index contributed by atoms with van der Waals surface area (Å²) in [7, 11) is -3.76. The van der Waals surface area contributed by atoms with Gasteiger partial charge in [0.25, 0.3) is 10.0 Å². The zero-order chi connectivity index (χ0) is 20.3. The van der Waals surface area contributed by atoms with Crippen molar-refractivity contribution in [3.8, 4) is 0 Å². The van der Waals surface area contributed by atoms with E-state index in [1.54, 1.807) is 30.3 Å². The number of sulfonamides is 1. The molecule has 0 bridgehead atoms. The maximum Gasteiger partial charge on any atom is 0.303 e. The smallest absolute Gasteiger partial charge is 0.303 e. The summed E-state index contributed by atoms with van der Waals surface area (Å²) in [5.41, 5.74) is 1.64. The van der Waals surface area contributed by atoms with E-state index in [9.17, 15) is 13.2 Å². The molecule has 28 heavy (non-hydrogen) atoms. The highest BCUT2D eigenvalue weighted by Gasteiger charge is 2.33. The number of rotatable bonds is 5. The largest absolute Gasteiger partial charge is 0.458 e. The van der Waals surface area contributed by atoms with E-state index in [2.05, 4.69) is 22.6 Å². The molecule has 7 heteroatoms. The van der Waals surface area contributed by atoms with Crippen LogP contribution < -0.4 is 4.31 Å². The third-order valence-electron chi connectivity index (χ3n) is 4.58. The minimum absolute atomic E-state index is 0.258. The van der Waals surface area contributed by atoms with Crippen molar-refractivity contribution >= 4 is 44.3 Å². The lowest BCUT2D eigenvalue weighted by molar-refractivity contribution is -0.144. The average molecular weight is 511 g/mol. The van der Waals surface area contributed by atoms with Gasteiger partial charge in [0.1, 0.15) is 6.10 Å². The molecule has 0 aromatic heterocycles. The third kappa shape index (κ3) is 4.57. The van der Waals surface area contributed by atoms with Gasteiger partial charge in [0.05, 0.1) is 16.6 Å². The summed E-state index contributed by atoms with van der Waals surface area (Å²) in [5.74, 6) is -0.338. The molecule has 0 unspecified atom stereocenters. The van der Waals surface area contributed by atoms with Crippen LogP contribution in [0.5, 0.6) is 0 Å². The Balaban J connectivity index is 2.03. The first-order valence-electron chi connectivity index (χ1n) is 9.00. The number of aryl methyl sites for hydroxylation is 1. The van der Waals surface area contributed by atoms with Gasteiger partial charge in [-0.15, -0.1) is 0 Å². The number of hydrogen-bond acceptors (Lipinski definition) is 4. The summed E-state index contributed by atoms with van der Waals surface area (Å²) < 4.78 is 34.7. The Morgan fingerprint density at radius 3 is 2.32 bits per heavy atom. The van der Waals surface area contributed by atoms with Crippen molar-refractivity contribution in [1.29, 1.82) is 0 Å². The van der Waals surface area contributed by atoms with Crippen LogP contribution in [0.4, 0.5) is 5.69 Å². The van der Waals surface area contributed by atoms with Gasteiger partial charge < -0.3 is 4.74 Å². The zero-order valence-electron chi connectivity index (χ0n) is 15.7. The standard InChI is InChI=1S/C21H22INO4S/c1-15-7-13-19(14-8-15)28(25,26)23(21-6-4-3-5-20(21)22)17-9-11-18(12-10-17)27-16(2)24/h3-9,11,13-14,17-18H,10,12H2,1-2H3/t17-,18-/m0/s1. The molecule has 1 aliphatic carbocycles. The van der Waals surface area contributed by atoms with E-state index < -0.39 is 10.0 Å². The highest BCUT2D eigenvalue weighted by atomic mass is 127. The Hall–Kier alpha value is -1.87. The van der Waals surface area contributed by atoms with E-state index in [-0.39, 0.29) is 23.0 Å². The van der Waals surface area contributed by atoms with Gasteiger partial charge in [0, 0.05) is 10.5 Å². The second-order valence-electron chi connectivity index (χ2n) is 6.74. The zero-order valence-corrected chi connectivity index (χ0v) is 18.7. The topological polar surface area (TPSA) is 63.7 Å². The van der Waals surface area contributed by atoms with Gasteiger partial charge in [-0.1, -0.05) is 35.9 Å². The molecule has 0 N–H and O–H groups in total. The van der Waals surface area contributed by atoms with E-state index in [0.29, 0.717) is 18.5 Å². The number of hydrogen-bond donors (Lipinski definition) is 0. The van der Waals surface area contributed by atoms with E-state index in [1.165, 1.54) is 11.2 Å². The Labute approximate surface area is 179 Å². The summed E-state index contributed by atoms with van der Waals surface area (Å²) in [6.07, 6.45) is 4.43. The fourth-order valence-electron chi connectivity index (χ4n) is 3.23. The maximum absolute atomic E-state index is 13.6. The molecule has 5 nitrogen and oxygen atoms in total. The van der Waals surface area contributed by atoms with Crippen molar-refractivity contribution < 1.29 is 17.9 Å². The van der Waals surface area contributed by atoms with Crippen LogP contribution >= 0.6 is 22.6 Å². The first-order valence-corrected chi connectivity index (χ1v) is 11.5. The number of carbonyl (C=O) groups excluding carboxylic acids is 1. The molecule has 2 aromatic rings. The van der Waals surface area contributed by atoms with Crippen molar-refractivity contribution in [1.82, 2.24) is 0 Å². The van der Waals surface area contributed by atoms with Crippen LogP contribution in [0.1, 0.15) is 25.3 Å². The predicted octanol–water partition coefficient (Wildman–Crippen LogP) is 4.45. The summed E-state index contributed by atoms with van der Waals surface area (Å²) in [5, 5.41) is 0. The average Bonchev–Trinajstić information content (AvgIpc) is 2.65. The Morgan fingerprint density at radius 2 is 1.75 bits per heavy atom. The van der Waals surface area contributed by atoms with Crippen LogP contribution in [0.25, 0.3) is 0 Å². The molecular weight excluding hydrogens is 489 g/mol. The number of nitrogens with zero attached hydrogens (tertiary/aromatic N) is 1. The Bertz CT molecular complexity index is 986. The van der Waals surface area contributed by atoms with Crippen molar-refractivity contribution in [2.75, 3.05) is 4.31 Å². The summed E-state index contributed by atoms with van der Waals surface area (Å²) in [6, 6.07) is 14.0. The van der Waals surface area contributed by atoms with Gasteiger partial charge in [0.15, 0.2) is 0 Å². The molecule has 148 valence electrons. The molecule has 0 radical (unpaired) electrons. The molecule has 0 saturated carbocycles. The fourth-order valence-corrected chi connectivity index (χ4v) is 5.70. The van der Waals surface area contributed by atoms with Gasteiger partial charge in [-0.25, -0.2) is 8.42 Å². The third-order valence-corrected chi connectivity index (χ3v) is 7.35. The van der Waals surface area contributed by atoms with Gasteiger partial charge in [-0.2, -0.15) is 0 Å². The Kier molecular flexibility index (Phi) is 6.44. The maximum atomic E-state index is 13.6. The van der Waals surface area contributed by atoms with Crippen molar-refractivity contribution in [2.24, 2.45) is 0 Å². The minimum Gasteiger partial charge on any atom is -0.458 e. The summed E-state index contributed by atoms with van der Waals surface area (Å²) in [6.45, 7) is 3.30.